The van der Waals surface area contributed by atoms with E-state index in [-0.39, 0.29) is 23.3 Å². The summed E-state index contributed by atoms with van der Waals surface area (Å²) in [4.78, 5) is 23.7. The Morgan fingerprint density at radius 1 is 1.15 bits per heavy atom. The van der Waals surface area contributed by atoms with Gasteiger partial charge in [0.15, 0.2) is 11.6 Å². The summed E-state index contributed by atoms with van der Waals surface area (Å²) in [5, 5.41) is 10.3. The molecule has 2 N–H and O–H groups in total. The highest BCUT2D eigenvalue weighted by Crippen LogP contribution is 2.36. The maximum atomic E-state index is 14.0. The number of likely N-dealkylation sites (tertiary alicyclic amines) is 1. The third-order valence-electron chi connectivity index (χ3n) is 7.41. The number of ether oxygens (including phenoxy) is 1. The lowest BCUT2D eigenvalue weighted by Crippen LogP contribution is -2.38. The van der Waals surface area contributed by atoms with Crippen LogP contribution in [0.5, 0.6) is 11.5 Å². The van der Waals surface area contributed by atoms with E-state index < -0.39 is 11.6 Å². The lowest BCUT2D eigenvalue weighted by Gasteiger charge is -2.25. The number of rotatable bonds is 7. The van der Waals surface area contributed by atoms with E-state index in [2.05, 4.69) is 16.0 Å². The van der Waals surface area contributed by atoms with E-state index in [1.807, 2.05) is 16.8 Å². The number of aromatic nitrogens is 3. The Kier molecular flexibility index (Phi) is 6.64. The molecule has 1 amide bonds. The second-order valence-electron chi connectivity index (χ2n) is 10.2. The molecule has 0 unspecified atom stereocenters. The highest BCUT2D eigenvalue weighted by atomic mass is 19.2. The molecule has 2 aliphatic rings. The molecule has 3 heterocycles. The van der Waals surface area contributed by atoms with Crippen molar-refractivity contribution in [3.05, 3.63) is 78.3 Å². The first-order valence-electron chi connectivity index (χ1n) is 13.2. The van der Waals surface area contributed by atoms with Crippen LogP contribution in [0.15, 0.2) is 66.6 Å². The number of carbonyl (C=O) groups excluding carboxylic acids is 1. The minimum atomic E-state index is -1.05. The first kappa shape index (κ1) is 25.5. The number of nitriles is 1. The zero-order chi connectivity index (χ0) is 27.8. The number of nitrogen functional groups attached to an aromatic ring is 1. The molecule has 10 heteroatoms. The number of carbonyl (C=O) groups is 1. The number of amides is 1. The molecule has 8 nitrogen and oxygen atoms in total. The Bertz CT molecular complexity index is 1670. The van der Waals surface area contributed by atoms with Crippen LogP contribution in [-0.4, -0.2) is 37.9 Å². The molecule has 0 spiro atoms. The van der Waals surface area contributed by atoms with Gasteiger partial charge in [-0.25, -0.2) is 14.4 Å². The first-order chi connectivity index (χ1) is 19.4. The fourth-order valence-electron chi connectivity index (χ4n) is 5.23. The van der Waals surface area contributed by atoms with Gasteiger partial charge in [-0.1, -0.05) is 24.3 Å². The van der Waals surface area contributed by atoms with Gasteiger partial charge in [-0.3, -0.25) is 4.79 Å². The molecule has 0 bridgehead atoms. The number of nitrogens with two attached hydrogens (primary N) is 1. The summed E-state index contributed by atoms with van der Waals surface area (Å²) < 4.78 is 35.1. The molecule has 1 aliphatic carbocycles. The smallest absolute Gasteiger partial charge is 0.264 e. The normalized spacial score (nSPS) is 17.3. The van der Waals surface area contributed by atoms with Gasteiger partial charge in [0.05, 0.1) is 11.4 Å². The van der Waals surface area contributed by atoms with Crippen LogP contribution in [0.3, 0.4) is 0 Å². The molecule has 2 fully saturated rings. The SMILES string of the molecule is N#C/C(=C\C1CC1)C(=O)N1CCC[C@H]1Cn1cc(-c2ccc(Oc3cccc(F)c3F)cc2)c2c(N)ncnc21. The van der Waals surface area contributed by atoms with Crippen molar-refractivity contribution in [3.8, 4) is 28.7 Å². The summed E-state index contributed by atoms with van der Waals surface area (Å²) in [5.41, 5.74) is 8.74. The quantitative estimate of drug-likeness (QED) is 0.241. The Balaban J connectivity index is 1.28. The Morgan fingerprint density at radius 3 is 2.70 bits per heavy atom. The van der Waals surface area contributed by atoms with Crippen molar-refractivity contribution >= 4 is 22.8 Å². The van der Waals surface area contributed by atoms with E-state index in [1.54, 1.807) is 29.2 Å². The zero-order valence-corrected chi connectivity index (χ0v) is 21.6. The number of hydrogen-bond donors (Lipinski definition) is 1. The standard InChI is InChI=1S/C30H26F2N6O2/c31-24-4-1-5-25(27(24)32)40-22-10-8-19(9-11-22)23-16-37(29-26(23)28(34)35-17-36-29)15-21-3-2-12-38(21)30(39)20(14-33)13-18-6-7-18/h1,4-5,8-11,13,16-18,21H,2-3,6-7,12,15H2,(H2,34,35,36)/b20-13+/t21-/m0/s1. The second kappa shape index (κ2) is 10.4. The number of nitrogens with zero attached hydrogens (tertiary/aromatic N) is 5. The van der Waals surface area contributed by atoms with Crippen molar-refractivity contribution in [2.45, 2.75) is 38.3 Å². The van der Waals surface area contributed by atoms with E-state index in [0.717, 1.165) is 42.9 Å². The number of allylic oxidation sites excluding steroid dienone is 1. The highest BCUT2D eigenvalue weighted by Gasteiger charge is 2.33. The molecule has 1 atom stereocenters. The summed E-state index contributed by atoms with van der Waals surface area (Å²) in [7, 11) is 0. The van der Waals surface area contributed by atoms with Crippen molar-refractivity contribution < 1.29 is 18.3 Å². The number of halogens is 2. The number of benzene rings is 2. The molecule has 202 valence electrons. The number of hydrogen-bond acceptors (Lipinski definition) is 6. The van der Waals surface area contributed by atoms with Crippen molar-refractivity contribution in [2.24, 2.45) is 5.92 Å². The molecule has 1 saturated heterocycles. The first-order valence-corrected chi connectivity index (χ1v) is 13.2. The van der Waals surface area contributed by atoms with Crippen molar-refractivity contribution in [1.82, 2.24) is 19.4 Å². The lowest BCUT2D eigenvalue weighted by atomic mass is 10.1. The monoisotopic (exact) mass is 540 g/mol. The summed E-state index contributed by atoms with van der Waals surface area (Å²) >= 11 is 0. The van der Waals surface area contributed by atoms with E-state index >= 15 is 0 Å². The third-order valence-corrected chi connectivity index (χ3v) is 7.41. The molecule has 40 heavy (non-hydrogen) atoms. The molecule has 2 aromatic heterocycles. The van der Waals surface area contributed by atoms with E-state index in [9.17, 15) is 18.8 Å². The van der Waals surface area contributed by atoms with Crippen LogP contribution in [-0.2, 0) is 11.3 Å². The predicted molar refractivity (Wildman–Crippen MR) is 145 cm³/mol. The summed E-state index contributed by atoms with van der Waals surface area (Å²) in [6.45, 7) is 1.09. The van der Waals surface area contributed by atoms with Gasteiger partial charge in [0.2, 0.25) is 5.82 Å². The maximum Gasteiger partial charge on any atom is 0.264 e. The van der Waals surface area contributed by atoms with Gasteiger partial charge in [-0.15, -0.1) is 0 Å². The molecule has 1 saturated carbocycles. The van der Waals surface area contributed by atoms with Crippen LogP contribution in [0.4, 0.5) is 14.6 Å². The number of fused-ring (bicyclic) bond motifs is 1. The number of anilines is 1. The maximum absolute atomic E-state index is 14.0. The summed E-state index contributed by atoms with van der Waals surface area (Å²) in [6.07, 6.45) is 8.87. The van der Waals surface area contributed by atoms with Gasteiger partial charge in [0.25, 0.3) is 5.91 Å². The molecule has 4 aromatic rings. The van der Waals surface area contributed by atoms with Crippen LogP contribution >= 0.6 is 0 Å². The highest BCUT2D eigenvalue weighted by molar-refractivity contribution is 6.01. The van der Waals surface area contributed by atoms with Gasteiger partial charge in [0.1, 0.15) is 35.2 Å². The average molecular weight is 541 g/mol. The zero-order valence-electron chi connectivity index (χ0n) is 21.6. The van der Waals surface area contributed by atoms with Gasteiger partial charge in [-0.05, 0) is 61.4 Å². The van der Waals surface area contributed by atoms with Crippen LogP contribution < -0.4 is 10.5 Å². The van der Waals surface area contributed by atoms with Gasteiger partial charge in [-0.2, -0.15) is 9.65 Å². The van der Waals surface area contributed by atoms with Gasteiger partial charge < -0.3 is 19.9 Å². The van der Waals surface area contributed by atoms with Crippen LogP contribution in [0.2, 0.25) is 0 Å². The minimum absolute atomic E-state index is 0.0972. The minimum Gasteiger partial charge on any atom is -0.454 e. The summed E-state index contributed by atoms with van der Waals surface area (Å²) in [5.74, 6) is -1.46. The average Bonchev–Trinajstić information content (AvgIpc) is 3.54. The van der Waals surface area contributed by atoms with Crippen molar-refractivity contribution in [1.29, 1.82) is 5.26 Å². The van der Waals surface area contributed by atoms with E-state index in [1.165, 1.54) is 18.5 Å². The van der Waals surface area contributed by atoms with Crippen molar-refractivity contribution in [3.63, 3.8) is 0 Å². The van der Waals surface area contributed by atoms with Gasteiger partial charge in [0, 0.05) is 24.8 Å². The van der Waals surface area contributed by atoms with Crippen LogP contribution in [0.1, 0.15) is 25.7 Å². The second-order valence-corrected chi connectivity index (χ2v) is 10.2. The summed E-state index contributed by atoms with van der Waals surface area (Å²) in [6, 6.07) is 12.7. The molecular formula is C30H26F2N6O2. The van der Waals surface area contributed by atoms with Crippen LogP contribution in [0.25, 0.3) is 22.2 Å². The largest absolute Gasteiger partial charge is 0.454 e. The molecular weight excluding hydrogens is 514 g/mol. The Labute approximate surface area is 229 Å². The Morgan fingerprint density at radius 2 is 1.95 bits per heavy atom. The molecule has 0 radical (unpaired) electrons. The van der Waals surface area contributed by atoms with E-state index in [4.69, 9.17) is 10.5 Å². The fourth-order valence-corrected chi connectivity index (χ4v) is 5.23. The topological polar surface area (TPSA) is 110 Å². The Hall–Kier alpha value is -4.78. The fraction of sp³-hybridized carbons (Fsp3) is 0.267. The third kappa shape index (κ3) is 4.86. The predicted octanol–water partition coefficient (Wildman–Crippen LogP) is 5.60. The molecule has 1 aliphatic heterocycles. The van der Waals surface area contributed by atoms with E-state index in [0.29, 0.717) is 41.6 Å². The van der Waals surface area contributed by atoms with Gasteiger partial charge >= 0.3 is 0 Å². The molecule has 6 rings (SSSR count). The van der Waals surface area contributed by atoms with Crippen molar-refractivity contribution in [2.75, 3.05) is 12.3 Å². The lowest BCUT2D eigenvalue weighted by molar-refractivity contribution is -0.127. The molecule has 2 aromatic carbocycles. The van der Waals surface area contributed by atoms with Crippen LogP contribution in [0, 0.1) is 28.9 Å².